The smallest absolute Gasteiger partial charge is 0.0471 e. The molecular formula is C14H14O. The van der Waals surface area contributed by atoms with Gasteiger partial charge in [-0.1, -0.05) is 43.0 Å². The van der Waals surface area contributed by atoms with Crippen LogP contribution in [0.1, 0.15) is 12.0 Å². The molecule has 0 aliphatic heterocycles. The zero-order valence-electron chi connectivity index (χ0n) is 8.61. The van der Waals surface area contributed by atoms with E-state index in [1.165, 1.54) is 10.8 Å². The van der Waals surface area contributed by atoms with Gasteiger partial charge in [0.2, 0.25) is 0 Å². The molecule has 0 aliphatic carbocycles. The highest BCUT2D eigenvalue weighted by atomic mass is 16.2. The first-order chi connectivity index (χ1) is 7.31. The molecule has 0 heterocycles. The third kappa shape index (κ3) is 2.08. The molecular weight excluding hydrogens is 184 g/mol. The van der Waals surface area contributed by atoms with Gasteiger partial charge in [-0.3, -0.25) is 0 Å². The highest BCUT2D eigenvalue weighted by molar-refractivity contribution is 5.86. The summed E-state index contributed by atoms with van der Waals surface area (Å²) >= 11 is 0. The van der Waals surface area contributed by atoms with E-state index in [4.69, 9.17) is 5.11 Å². The zero-order chi connectivity index (χ0) is 10.7. The van der Waals surface area contributed by atoms with Crippen LogP contribution in [-0.4, -0.2) is 11.7 Å². The summed E-state index contributed by atoms with van der Waals surface area (Å²) in [6.07, 6.45) is 0.637. The van der Waals surface area contributed by atoms with Crippen molar-refractivity contribution in [3.63, 3.8) is 0 Å². The molecule has 2 rings (SSSR count). The number of aliphatic hydroxyl groups is 1. The van der Waals surface area contributed by atoms with E-state index in [-0.39, 0.29) is 6.61 Å². The van der Waals surface area contributed by atoms with Crippen molar-refractivity contribution >= 4 is 16.3 Å². The van der Waals surface area contributed by atoms with Crippen molar-refractivity contribution < 1.29 is 5.11 Å². The minimum Gasteiger partial charge on any atom is -0.396 e. The average molecular weight is 198 g/mol. The Kier molecular flexibility index (Phi) is 2.84. The Morgan fingerprint density at radius 3 is 2.53 bits per heavy atom. The van der Waals surface area contributed by atoms with Crippen LogP contribution in [-0.2, 0) is 0 Å². The molecule has 0 unspecified atom stereocenters. The van der Waals surface area contributed by atoms with Crippen LogP contribution in [0.2, 0.25) is 0 Å². The SMILES string of the molecule is C=C(CCO)c1ccc2ccccc2c1. The molecule has 1 N–H and O–H groups in total. The number of hydrogen-bond acceptors (Lipinski definition) is 1. The Labute approximate surface area is 89.7 Å². The fourth-order valence-electron chi connectivity index (χ4n) is 1.69. The lowest BCUT2D eigenvalue weighted by atomic mass is 10.0. The van der Waals surface area contributed by atoms with Crippen molar-refractivity contribution in [2.45, 2.75) is 6.42 Å². The molecule has 0 aliphatic rings. The largest absolute Gasteiger partial charge is 0.396 e. The van der Waals surface area contributed by atoms with E-state index in [0.29, 0.717) is 6.42 Å². The molecule has 0 radical (unpaired) electrons. The van der Waals surface area contributed by atoms with Crippen LogP contribution in [0.15, 0.2) is 49.0 Å². The second-order valence-electron chi connectivity index (χ2n) is 3.64. The predicted octanol–water partition coefficient (Wildman–Crippen LogP) is 3.24. The van der Waals surface area contributed by atoms with E-state index in [1.54, 1.807) is 0 Å². The predicted molar refractivity (Wildman–Crippen MR) is 64.7 cm³/mol. The molecule has 1 heteroatoms. The van der Waals surface area contributed by atoms with Gasteiger partial charge in [0.25, 0.3) is 0 Å². The highest BCUT2D eigenvalue weighted by Gasteiger charge is 1.99. The maximum Gasteiger partial charge on any atom is 0.0471 e. The van der Waals surface area contributed by atoms with Gasteiger partial charge in [0.1, 0.15) is 0 Å². The van der Waals surface area contributed by atoms with Crippen LogP contribution < -0.4 is 0 Å². The first-order valence-electron chi connectivity index (χ1n) is 5.09. The maximum atomic E-state index is 8.85. The number of aliphatic hydroxyl groups excluding tert-OH is 1. The van der Waals surface area contributed by atoms with E-state index < -0.39 is 0 Å². The number of fused-ring (bicyclic) bond motifs is 1. The van der Waals surface area contributed by atoms with Gasteiger partial charge in [-0.2, -0.15) is 0 Å². The fourth-order valence-corrected chi connectivity index (χ4v) is 1.69. The van der Waals surface area contributed by atoms with Crippen LogP contribution in [0.3, 0.4) is 0 Å². The Morgan fingerprint density at radius 1 is 1.07 bits per heavy atom. The standard InChI is InChI=1S/C14H14O/c1-11(8-9-15)13-7-6-12-4-2-3-5-14(12)10-13/h2-7,10,15H,1,8-9H2. The zero-order valence-corrected chi connectivity index (χ0v) is 8.61. The van der Waals surface area contributed by atoms with Crippen molar-refractivity contribution in [2.24, 2.45) is 0 Å². The third-order valence-electron chi connectivity index (χ3n) is 2.57. The van der Waals surface area contributed by atoms with Crippen molar-refractivity contribution in [3.05, 3.63) is 54.6 Å². The lowest BCUT2D eigenvalue weighted by molar-refractivity contribution is 0.305. The Hall–Kier alpha value is -1.60. The second-order valence-corrected chi connectivity index (χ2v) is 3.64. The highest BCUT2D eigenvalue weighted by Crippen LogP contribution is 2.21. The molecule has 0 spiro atoms. The average Bonchev–Trinajstić information content (AvgIpc) is 2.29. The van der Waals surface area contributed by atoms with E-state index in [2.05, 4.69) is 36.9 Å². The van der Waals surface area contributed by atoms with Gasteiger partial charge in [0, 0.05) is 6.61 Å². The second kappa shape index (κ2) is 4.28. The van der Waals surface area contributed by atoms with Gasteiger partial charge in [0.15, 0.2) is 0 Å². The molecule has 0 saturated carbocycles. The van der Waals surface area contributed by atoms with Crippen LogP contribution in [0, 0.1) is 0 Å². The number of benzene rings is 2. The van der Waals surface area contributed by atoms with Gasteiger partial charge in [-0.25, -0.2) is 0 Å². The molecule has 0 bridgehead atoms. The van der Waals surface area contributed by atoms with Crippen LogP contribution in [0.5, 0.6) is 0 Å². The van der Waals surface area contributed by atoms with Gasteiger partial charge >= 0.3 is 0 Å². The first-order valence-corrected chi connectivity index (χ1v) is 5.09. The monoisotopic (exact) mass is 198 g/mol. The Balaban J connectivity index is 2.42. The molecule has 2 aromatic carbocycles. The van der Waals surface area contributed by atoms with Gasteiger partial charge < -0.3 is 5.11 Å². The van der Waals surface area contributed by atoms with Crippen LogP contribution in [0.25, 0.3) is 16.3 Å². The summed E-state index contributed by atoms with van der Waals surface area (Å²) in [4.78, 5) is 0. The first kappa shape index (κ1) is 9.94. The Morgan fingerprint density at radius 2 is 1.80 bits per heavy atom. The summed E-state index contributed by atoms with van der Waals surface area (Å²) < 4.78 is 0. The summed E-state index contributed by atoms with van der Waals surface area (Å²) in [5.74, 6) is 0. The summed E-state index contributed by atoms with van der Waals surface area (Å²) in [6, 6.07) is 14.5. The third-order valence-corrected chi connectivity index (χ3v) is 2.57. The van der Waals surface area contributed by atoms with Crippen LogP contribution in [0.4, 0.5) is 0 Å². The Bertz CT molecular complexity index is 485. The molecule has 15 heavy (non-hydrogen) atoms. The lowest BCUT2D eigenvalue weighted by Crippen LogP contribution is -1.87. The summed E-state index contributed by atoms with van der Waals surface area (Å²) in [6.45, 7) is 4.12. The van der Waals surface area contributed by atoms with E-state index in [1.807, 2.05) is 12.1 Å². The molecule has 0 atom stereocenters. The number of rotatable bonds is 3. The van der Waals surface area contributed by atoms with Crippen LogP contribution >= 0.6 is 0 Å². The maximum absolute atomic E-state index is 8.85. The molecule has 1 nitrogen and oxygen atoms in total. The summed E-state index contributed by atoms with van der Waals surface area (Å²) in [7, 11) is 0. The molecule has 2 aromatic rings. The van der Waals surface area contributed by atoms with Crippen molar-refractivity contribution in [2.75, 3.05) is 6.61 Å². The van der Waals surface area contributed by atoms with Crippen molar-refractivity contribution in [1.29, 1.82) is 0 Å². The lowest BCUT2D eigenvalue weighted by Gasteiger charge is -2.05. The van der Waals surface area contributed by atoms with Gasteiger partial charge in [-0.15, -0.1) is 0 Å². The molecule has 0 fully saturated rings. The molecule has 0 saturated heterocycles. The topological polar surface area (TPSA) is 20.2 Å². The van der Waals surface area contributed by atoms with Gasteiger partial charge in [0.05, 0.1) is 0 Å². The summed E-state index contributed by atoms with van der Waals surface area (Å²) in [5, 5.41) is 11.3. The molecule has 0 amide bonds. The minimum absolute atomic E-state index is 0.158. The van der Waals surface area contributed by atoms with E-state index in [0.717, 1.165) is 11.1 Å². The normalized spacial score (nSPS) is 10.5. The molecule has 0 aromatic heterocycles. The minimum atomic E-state index is 0.158. The van der Waals surface area contributed by atoms with Crippen molar-refractivity contribution in [1.82, 2.24) is 0 Å². The van der Waals surface area contributed by atoms with E-state index in [9.17, 15) is 0 Å². The summed E-state index contributed by atoms with van der Waals surface area (Å²) in [5.41, 5.74) is 2.10. The number of hydrogen-bond donors (Lipinski definition) is 1. The van der Waals surface area contributed by atoms with E-state index >= 15 is 0 Å². The molecule has 76 valence electrons. The quantitative estimate of drug-likeness (QED) is 0.802. The van der Waals surface area contributed by atoms with Gasteiger partial charge in [-0.05, 0) is 34.4 Å². The van der Waals surface area contributed by atoms with Crippen molar-refractivity contribution in [3.8, 4) is 0 Å². The fraction of sp³-hybridized carbons (Fsp3) is 0.143.